The first-order valence-corrected chi connectivity index (χ1v) is 12.9. The lowest BCUT2D eigenvalue weighted by Gasteiger charge is -2.44. The van der Waals surface area contributed by atoms with E-state index in [2.05, 4.69) is 0 Å². The Morgan fingerprint density at radius 1 is 0.800 bits per heavy atom. The summed E-state index contributed by atoms with van der Waals surface area (Å²) in [6, 6.07) is 5.29. The fraction of sp³-hybridized carbons (Fsp3) is 0.630. The maximum absolute atomic E-state index is 12.1. The van der Waals surface area contributed by atoms with Crippen LogP contribution in [0.4, 0.5) is 0 Å². The van der Waals surface area contributed by atoms with Crippen LogP contribution < -0.4 is 10.2 Å². The van der Waals surface area contributed by atoms with Gasteiger partial charge in [-0.05, 0) is 51.7 Å². The molecule has 0 aliphatic carbocycles. The second-order valence-corrected chi connectivity index (χ2v) is 10.8. The molecule has 0 bridgehead atoms. The van der Waals surface area contributed by atoms with E-state index >= 15 is 0 Å². The third-order valence-electron chi connectivity index (χ3n) is 6.92. The van der Waals surface area contributed by atoms with Crippen molar-refractivity contribution >= 4 is 36.5 Å². The summed E-state index contributed by atoms with van der Waals surface area (Å²) in [5, 5.41) is 0. The molecular formula is C27H37BO12. The molecule has 2 aliphatic heterocycles. The number of ether oxygens (including phenoxy) is 6. The van der Waals surface area contributed by atoms with Gasteiger partial charge in [0.05, 0.1) is 11.2 Å². The average molecular weight is 564 g/mol. The Kier molecular flexibility index (Phi) is 9.53. The van der Waals surface area contributed by atoms with E-state index in [1.54, 1.807) is 19.1 Å². The highest BCUT2D eigenvalue weighted by Crippen LogP contribution is 2.37. The van der Waals surface area contributed by atoms with Gasteiger partial charge < -0.3 is 37.7 Å². The molecule has 13 heteroatoms. The monoisotopic (exact) mass is 564 g/mol. The van der Waals surface area contributed by atoms with Crippen molar-refractivity contribution < 1.29 is 56.9 Å². The van der Waals surface area contributed by atoms with Crippen molar-refractivity contribution in [2.45, 2.75) is 104 Å². The summed E-state index contributed by atoms with van der Waals surface area (Å²) in [4.78, 5) is 47.5. The fourth-order valence-corrected chi connectivity index (χ4v) is 4.34. The third kappa shape index (κ3) is 7.32. The maximum Gasteiger partial charge on any atom is 0.494 e. The molecule has 40 heavy (non-hydrogen) atoms. The molecule has 2 fully saturated rings. The van der Waals surface area contributed by atoms with E-state index in [0.717, 1.165) is 26.2 Å². The molecule has 5 atom stereocenters. The van der Waals surface area contributed by atoms with Gasteiger partial charge in [0, 0.05) is 27.7 Å². The average Bonchev–Trinajstić information content (AvgIpc) is 3.03. The fourth-order valence-electron chi connectivity index (χ4n) is 4.34. The second kappa shape index (κ2) is 12.2. The highest BCUT2D eigenvalue weighted by atomic mass is 16.7. The molecule has 0 saturated carbocycles. The van der Waals surface area contributed by atoms with Crippen LogP contribution in [0.5, 0.6) is 5.75 Å². The zero-order valence-corrected chi connectivity index (χ0v) is 24.3. The molecule has 2 aliphatic rings. The van der Waals surface area contributed by atoms with Gasteiger partial charge in [-0.1, -0.05) is 12.1 Å². The summed E-state index contributed by atoms with van der Waals surface area (Å²) in [7, 11) is -0.594. The number of hydrogen-bond donors (Lipinski definition) is 0. The smallest absolute Gasteiger partial charge is 0.463 e. The van der Waals surface area contributed by atoms with Crippen molar-refractivity contribution in [1.29, 1.82) is 0 Å². The van der Waals surface area contributed by atoms with Crippen LogP contribution in [-0.4, -0.2) is 79.5 Å². The van der Waals surface area contributed by atoms with Crippen molar-refractivity contribution in [2.24, 2.45) is 0 Å². The summed E-state index contributed by atoms with van der Waals surface area (Å²) < 4.78 is 45.8. The standard InChI is InChI=1S/C27H37BO12/c1-14-12-19(28-39-26(6,7)27(8,9)40-28)10-11-20(14)37-25-24(36-18(5)32)23(35-17(4)31)22(34-16(3)30)21(38-25)13-33-15(2)29/h10-12,21-25H,13H2,1-9H3/t21-,22-,23+,24+,25+/m1/s1. The molecular weight excluding hydrogens is 527 g/mol. The second-order valence-electron chi connectivity index (χ2n) is 10.8. The summed E-state index contributed by atoms with van der Waals surface area (Å²) in [6.07, 6.45) is -6.37. The zero-order chi connectivity index (χ0) is 30.0. The molecule has 12 nitrogen and oxygen atoms in total. The summed E-state index contributed by atoms with van der Waals surface area (Å²) in [6.45, 7) is 14.0. The molecule has 1 aromatic rings. The van der Waals surface area contributed by atoms with Crippen molar-refractivity contribution in [3.63, 3.8) is 0 Å². The highest BCUT2D eigenvalue weighted by molar-refractivity contribution is 6.62. The van der Waals surface area contributed by atoms with Crippen LogP contribution in [-0.2, 0) is 52.2 Å². The van der Waals surface area contributed by atoms with E-state index in [1.807, 2.05) is 33.8 Å². The van der Waals surface area contributed by atoms with Gasteiger partial charge in [0.25, 0.3) is 0 Å². The van der Waals surface area contributed by atoms with Crippen molar-refractivity contribution in [2.75, 3.05) is 6.61 Å². The Labute approximate surface area is 234 Å². The minimum absolute atomic E-state index is 0.350. The molecule has 2 saturated heterocycles. The molecule has 0 N–H and O–H groups in total. The maximum atomic E-state index is 12.1. The molecule has 1 aromatic carbocycles. The Bertz CT molecular complexity index is 1120. The first kappa shape index (κ1) is 31.4. The number of hydrogen-bond acceptors (Lipinski definition) is 12. The third-order valence-corrected chi connectivity index (χ3v) is 6.92. The predicted octanol–water partition coefficient (Wildman–Crippen LogP) is 1.76. The van der Waals surface area contributed by atoms with Crippen LogP contribution in [0, 0.1) is 6.92 Å². The SMILES string of the molecule is CC(=O)OC[C@H]1O[C@H](Oc2ccc(B3OC(C)(C)C(C)(C)O3)cc2C)[C@@H](OC(C)=O)[C@@H](OC(C)=O)[C@@H]1OC(C)=O. The highest BCUT2D eigenvalue weighted by Gasteiger charge is 2.54. The van der Waals surface area contributed by atoms with E-state index in [1.165, 1.54) is 6.92 Å². The molecule has 0 spiro atoms. The number of rotatable bonds is 8. The van der Waals surface area contributed by atoms with Gasteiger partial charge in [-0.25, -0.2) is 0 Å². The molecule has 3 rings (SSSR count). The van der Waals surface area contributed by atoms with Gasteiger partial charge in [-0.15, -0.1) is 0 Å². The van der Waals surface area contributed by atoms with Gasteiger partial charge in [0.15, 0.2) is 12.2 Å². The van der Waals surface area contributed by atoms with Crippen LogP contribution in [0.3, 0.4) is 0 Å². The normalized spacial score (nSPS) is 26.9. The largest absolute Gasteiger partial charge is 0.494 e. The van der Waals surface area contributed by atoms with Gasteiger partial charge in [-0.3, -0.25) is 19.2 Å². The number of esters is 4. The molecule has 0 radical (unpaired) electrons. The number of carbonyl (C=O) groups excluding carboxylic acids is 4. The van der Waals surface area contributed by atoms with Crippen molar-refractivity contribution in [1.82, 2.24) is 0 Å². The first-order chi connectivity index (χ1) is 18.5. The lowest BCUT2D eigenvalue weighted by atomic mass is 9.78. The lowest BCUT2D eigenvalue weighted by molar-refractivity contribution is -0.288. The molecule has 0 unspecified atom stereocenters. The van der Waals surface area contributed by atoms with Gasteiger partial charge >= 0.3 is 31.0 Å². The van der Waals surface area contributed by atoms with E-state index in [0.29, 0.717) is 11.3 Å². The first-order valence-electron chi connectivity index (χ1n) is 12.9. The van der Waals surface area contributed by atoms with E-state index in [4.69, 9.17) is 37.7 Å². The van der Waals surface area contributed by atoms with Gasteiger partial charge in [-0.2, -0.15) is 0 Å². The molecule has 2 heterocycles. The van der Waals surface area contributed by atoms with Crippen LogP contribution >= 0.6 is 0 Å². The topological polar surface area (TPSA) is 142 Å². The zero-order valence-electron chi connectivity index (χ0n) is 24.3. The quantitative estimate of drug-likeness (QED) is 0.258. The van der Waals surface area contributed by atoms with E-state index in [9.17, 15) is 19.2 Å². The Balaban J connectivity index is 1.94. The Morgan fingerprint density at radius 3 is 1.82 bits per heavy atom. The van der Waals surface area contributed by atoms with Crippen molar-refractivity contribution in [3.05, 3.63) is 23.8 Å². The minimum atomic E-state index is -1.33. The van der Waals surface area contributed by atoms with Crippen LogP contribution in [0.25, 0.3) is 0 Å². The van der Waals surface area contributed by atoms with Gasteiger partial charge in [0.1, 0.15) is 18.5 Å². The van der Waals surface area contributed by atoms with Crippen LogP contribution in [0.2, 0.25) is 0 Å². The Hall–Kier alpha value is -3.16. The molecule has 0 amide bonds. The number of aryl methyl sites for hydroxylation is 1. The number of benzene rings is 1. The van der Waals surface area contributed by atoms with E-state index < -0.39 is 72.9 Å². The molecule has 0 aromatic heterocycles. The summed E-state index contributed by atoms with van der Waals surface area (Å²) in [5.41, 5.74) is 0.412. The Morgan fingerprint density at radius 2 is 1.32 bits per heavy atom. The lowest BCUT2D eigenvalue weighted by Crippen LogP contribution is -2.63. The summed E-state index contributed by atoms with van der Waals surface area (Å²) in [5.74, 6) is -2.40. The summed E-state index contributed by atoms with van der Waals surface area (Å²) >= 11 is 0. The van der Waals surface area contributed by atoms with Crippen LogP contribution in [0.1, 0.15) is 61.0 Å². The van der Waals surface area contributed by atoms with Crippen LogP contribution in [0.15, 0.2) is 18.2 Å². The predicted molar refractivity (Wildman–Crippen MR) is 139 cm³/mol. The van der Waals surface area contributed by atoms with E-state index in [-0.39, 0.29) is 6.61 Å². The van der Waals surface area contributed by atoms with Gasteiger partial charge in [0.2, 0.25) is 12.4 Å². The molecule has 220 valence electrons. The number of carbonyl (C=O) groups is 4. The van der Waals surface area contributed by atoms with Crippen molar-refractivity contribution in [3.8, 4) is 5.75 Å². The minimum Gasteiger partial charge on any atom is -0.463 e.